The standard InChI is InChI=1S/C45H57N3O9.C24H40O3/c1-28(2)37-40(49)46(7)35(26-32-21-15-11-16-22-32)44(53)56-39(30(5)6)42(51)48(9)36(27-33-23-17-12-18-24-33)45(54)57-38(29(3)4)41(50)47(8)34(43(52)55-37)25-31-19-13-10-14-20-31;1-7-19(16-25)27-22(26)15-17(2)9-11-20-18(3)10-12-21-23(4,5)13-8-14-24(20,21)6/h10-24,28-30,34-39H,25-27H2,1-9H3;15,19-21,25H,3,7-14,16H2,1-2,4-6H3/b;17-15+/t34-,35-,36-,37?,38?,39?;19?,20-,21-,24-/m01/s1. The molecule has 3 aromatic carbocycles. The van der Waals surface area contributed by atoms with Crippen molar-refractivity contribution in [3.05, 3.63) is 131 Å². The fourth-order valence-electron chi connectivity index (χ4n) is 12.6. The molecule has 15 heteroatoms. The SMILES string of the molecule is C=C1CC[C@@H]2C(C)(C)CCC[C@]2(C)[C@@H]1CC/C(C)=C/C(=O)OC(CC)CO.CC(C)C1OC(=O)[C@H](Cc2ccccc2)N(C)C(=O)C(C(C)C)OC(=O)[C@H](Cc2ccccc2)N(C)C(=O)C(C(C)C)OC(=O)[C@H](Cc2ccccc2)N(C)C1=O. The number of rotatable bonds is 16. The van der Waals surface area contributed by atoms with Crippen molar-refractivity contribution < 1.29 is 57.6 Å². The molecule has 6 rings (SSSR count). The fourth-order valence-corrected chi connectivity index (χ4v) is 12.6. The second-order valence-electron chi connectivity index (χ2n) is 25.6. The van der Waals surface area contributed by atoms with Crippen molar-refractivity contribution in [1.29, 1.82) is 0 Å². The molecule has 2 aliphatic carbocycles. The van der Waals surface area contributed by atoms with Crippen LogP contribution in [0.2, 0.25) is 0 Å². The Morgan fingerprint density at radius 2 is 1.01 bits per heavy atom. The molecule has 0 spiro atoms. The van der Waals surface area contributed by atoms with E-state index >= 15 is 0 Å². The van der Waals surface area contributed by atoms with E-state index in [0.29, 0.717) is 23.2 Å². The number of benzene rings is 3. The second-order valence-corrected chi connectivity index (χ2v) is 25.6. The fraction of sp³-hybridized carbons (Fsp3) is 0.580. The van der Waals surface area contributed by atoms with Crippen LogP contribution < -0.4 is 0 Å². The summed E-state index contributed by atoms with van der Waals surface area (Å²) in [7, 11) is 4.31. The molecule has 3 aliphatic rings. The number of ether oxygens (including phenoxy) is 4. The van der Waals surface area contributed by atoms with Crippen molar-refractivity contribution in [2.45, 2.75) is 189 Å². The number of fused-ring (bicyclic) bond motifs is 1. The summed E-state index contributed by atoms with van der Waals surface area (Å²) in [4.78, 5) is 102. The number of carbonyl (C=O) groups is 7. The molecule has 4 unspecified atom stereocenters. The number of esters is 4. The van der Waals surface area contributed by atoms with Gasteiger partial charge in [-0.1, -0.05) is 184 Å². The lowest BCUT2D eigenvalue weighted by Gasteiger charge is -2.58. The maximum Gasteiger partial charge on any atom is 0.331 e. The predicted octanol–water partition coefficient (Wildman–Crippen LogP) is 10.7. The van der Waals surface area contributed by atoms with Crippen LogP contribution in [-0.2, 0) is 71.8 Å². The summed E-state index contributed by atoms with van der Waals surface area (Å²) in [5.41, 5.74) is 5.38. The number of aliphatic hydroxyl groups is 1. The summed E-state index contributed by atoms with van der Waals surface area (Å²) in [5, 5.41) is 9.18. The Kier molecular flexibility index (Phi) is 25.1. The second kappa shape index (κ2) is 31.0. The largest absolute Gasteiger partial charge is 0.457 e. The van der Waals surface area contributed by atoms with Crippen molar-refractivity contribution in [2.24, 2.45) is 40.4 Å². The van der Waals surface area contributed by atoms with Gasteiger partial charge in [0.25, 0.3) is 17.7 Å². The minimum atomic E-state index is -1.36. The highest BCUT2D eigenvalue weighted by atomic mass is 16.6. The molecule has 15 nitrogen and oxygen atoms in total. The molecule has 1 heterocycles. The summed E-state index contributed by atoms with van der Waals surface area (Å²) in [6.07, 6.45) is 6.18. The quantitative estimate of drug-likeness (QED) is 0.0620. The number of amides is 3. The van der Waals surface area contributed by atoms with Gasteiger partial charge >= 0.3 is 23.9 Å². The summed E-state index contributed by atoms with van der Waals surface area (Å²) in [5.74, 6) is -5.21. The molecule has 0 radical (unpaired) electrons. The Morgan fingerprint density at radius 3 is 1.35 bits per heavy atom. The van der Waals surface area contributed by atoms with Gasteiger partial charge in [0, 0.05) is 46.5 Å². The predicted molar refractivity (Wildman–Crippen MR) is 326 cm³/mol. The van der Waals surface area contributed by atoms with Crippen molar-refractivity contribution >= 4 is 41.6 Å². The van der Waals surface area contributed by atoms with Crippen LogP contribution in [0.1, 0.15) is 144 Å². The van der Waals surface area contributed by atoms with Crippen LogP contribution in [0.25, 0.3) is 0 Å². The molecule has 10 atom stereocenters. The monoisotopic (exact) mass is 1160 g/mol. The van der Waals surface area contributed by atoms with E-state index in [1.165, 1.54) is 67.1 Å². The molecule has 2 saturated carbocycles. The van der Waals surface area contributed by atoms with Gasteiger partial charge in [0.05, 0.1) is 6.61 Å². The highest BCUT2D eigenvalue weighted by molar-refractivity contribution is 5.94. The number of aliphatic hydroxyl groups excluding tert-OH is 1. The van der Waals surface area contributed by atoms with E-state index in [1.54, 1.807) is 120 Å². The van der Waals surface area contributed by atoms with Crippen molar-refractivity contribution in [1.82, 2.24) is 14.7 Å². The van der Waals surface area contributed by atoms with Gasteiger partial charge < -0.3 is 38.8 Å². The lowest BCUT2D eigenvalue weighted by Crippen LogP contribution is -2.56. The number of nitrogens with zero attached hydrogens (tertiary/aromatic N) is 3. The van der Waals surface area contributed by atoms with E-state index in [0.717, 1.165) is 47.4 Å². The van der Waals surface area contributed by atoms with Crippen molar-refractivity contribution in [3.8, 4) is 0 Å². The average molecular weight is 1160 g/mol. The number of carbonyl (C=O) groups excluding carboxylic acids is 7. The van der Waals surface area contributed by atoms with Crippen molar-refractivity contribution in [2.75, 3.05) is 27.7 Å². The van der Waals surface area contributed by atoms with Gasteiger partial charge in [-0.25, -0.2) is 19.2 Å². The van der Waals surface area contributed by atoms with Crippen LogP contribution in [0.4, 0.5) is 0 Å². The van der Waals surface area contributed by atoms with E-state index in [-0.39, 0.29) is 31.8 Å². The third-order valence-corrected chi connectivity index (χ3v) is 17.8. The number of hydrogen-bond acceptors (Lipinski definition) is 12. The molecular weight excluding hydrogens is 1060 g/mol. The maximum atomic E-state index is 14.4. The third-order valence-electron chi connectivity index (χ3n) is 17.8. The molecule has 0 bridgehead atoms. The lowest BCUT2D eigenvalue weighted by molar-refractivity contribution is -0.179. The van der Waals surface area contributed by atoms with E-state index in [2.05, 4.69) is 27.4 Å². The minimum Gasteiger partial charge on any atom is -0.457 e. The number of cyclic esters (lactones) is 3. The first-order valence-corrected chi connectivity index (χ1v) is 30.3. The lowest BCUT2D eigenvalue weighted by atomic mass is 9.47. The highest BCUT2D eigenvalue weighted by Gasteiger charge is 2.53. The molecule has 3 fully saturated rings. The molecule has 460 valence electrons. The van der Waals surface area contributed by atoms with E-state index in [4.69, 9.17) is 18.9 Å². The Morgan fingerprint density at radius 1 is 0.643 bits per heavy atom. The van der Waals surface area contributed by atoms with Crippen LogP contribution in [0, 0.1) is 40.4 Å². The molecule has 1 N–H and O–H groups in total. The topological polar surface area (TPSA) is 186 Å². The van der Waals surface area contributed by atoms with Crippen LogP contribution in [-0.4, -0.2) is 132 Å². The van der Waals surface area contributed by atoms with E-state index < -0.39 is 95.9 Å². The van der Waals surface area contributed by atoms with Gasteiger partial charge in [-0.15, -0.1) is 0 Å². The first-order valence-electron chi connectivity index (χ1n) is 30.3. The molecule has 3 aromatic rings. The summed E-state index contributed by atoms with van der Waals surface area (Å²) in [6, 6.07) is 23.4. The number of likely N-dealkylation sites (N-methyl/N-ethyl adjacent to an activating group) is 3. The van der Waals surface area contributed by atoms with Gasteiger partial charge in [-0.2, -0.15) is 0 Å². The van der Waals surface area contributed by atoms with Crippen LogP contribution in [0.15, 0.2) is 115 Å². The van der Waals surface area contributed by atoms with Gasteiger partial charge in [0.1, 0.15) is 24.2 Å². The van der Waals surface area contributed by atoms with Gasteiger partial charge in [-0.05, 0) is 109 Å². The zero-order valence-corrected chi connectivity index (χ0v) is 52.6. The van der Waals surface area contributed by atoms with Gasteiger partial charge in [-0.3, -0.25) is 14.4 Å². The normalized spacial score (nSPS) is 26.3. The minimum absolute atomic E-state index is 0.0307. The number of allylic oxidation sites excluding steroid dienone is 2. The van der Waals surface area contributed by atoms with E-state index in [9.17, 15) is 38.7 Å². The van der Waals surface area contributed by atoms with Crippen molar-refractivity contribution in [3.63, 3.8) is 0 Å². The molecule has 1 saturated heterocycles. The van der Waals surface area contributed by atoms with Crippen LogP contribution >= 0.6 is 0 Å². The Labute approximate surface area is 500 Å². The first kappa shape index (κ1) is 68.2. The zero-order valence-electron chi connectivity index (χ0n) is 52.6. The Hall–Kier alpha value is -6.61. The number of hydrogen-bond donors (Lipinski definition) is 1. The first-order chi connectivity index (χ1) is 39.6. The molecule has 0 aromatic heterocycles. The average Bonchev–Trinajstić information content (AvgIpc) is 1.43. The molecule has 3 amide bonds. The van der Waals surface area contributed by atoms with E-state index in [1.807, 2.05) is 32.0 Å². The Balaban J connectivity index is 0.000000398. The summed E-state index contributed by atoms with van der Waals surface area (Å²) in [6.45, 7) is 25.9. The van der Waals surface area contributed by atoms with Crippen LogP contribution in [0.3, 0.4) is 0 Å². The molecule has 84 heavy (non-hydrogen) atoms. The highest BCUT2D eigenvalue weighted by Crippen LogP contribution is 2.61. The third kappa shape index (κ3) is 17.7. The Bertz CT molecular complexity index is 2510. The smallest absolute Gasteiger partial charge is 0.331 e. The van der Waals surface area contributed by atoms with Crippen LogP contribution in [0.5, 0.6) is 0 Å². The zero-order chi connectivity index (χ0) is 62.2. The maximum absolute atomic E-state index is 14.4. The van der Waals surface area contributed by atoms with Gasteiger partial charge in [0.2, 0.25) is 0 Å². The summed E-state index contributed by atoms with van der Waals surface area (Å²) >= 11 is 0. The summed E-state index contributed by atoms with van der Waals surface area (Å²) < 4.78 is 23.4. The molecular formula is C69H97N3O12. The van der Waals surface area contributed by atoms with Gasteiger partial charge in [0.15, 0.2) is 18.3 Å². The molecule has 1 aliphatic heterocycles.